The van der Waals surface area contributed by atoms with Gasteiger partial charge in [-0.1, -0.05) is 36.4 Å². The van der Waals surface area contributed by atoms with E-state index >= 15 is 0 Å². The minimum atomic E-state index is -0.339. The molecule has 0 radical (unpaired) electrons. The average molecular weight is 625 g/mol. The topological polar surface area (TPSA) is 92.0 Å². The third-order valence-corrected chi connectivity index (χ3v) is 8.70. The predicted molar refractivity (Wildman–Crippen MR) is 182 cm³/mol. The van der Waals surface area contributed by atoms with Crippen LogP contribution in [0.2, 0.25) is 0 Å². The molecule has 3 aromatic carbocycles. The van der Waals surface area contributed by atoms with Gasteiger partial charge in [-0.3, -0.25) is 15.0 Å². The van der Waals surface area contributed by atoms with Crippen LogP contribution in [0.15, 0.2) is 104 Å². The van der Waals surface area contributed by atoms with Crippen LogP contribution in [-0.2, 0) is 6.61 Å². The van der Waals surface area contributed by atoms with Crippen molar-refractivity contribution in [2.24, 2.45) is 0 Å². The van der Waals surface area contributed by atoms with Crippen LogP contribution in [0.5, 0.6) is 11.5 Å². The molecule has 0 spiro atoms. The molecule has 1 aliphatic rings. The fraction of sp³-hybridized carbons (Fsp3) is 0.184. The van der Waals surface area contributed by atoms with Crippen LogP contribution in [0, 0.1) is 5.82 Å². The van der Waals surface area contributed by atoms with E-state index in [1.807, 2.05) is 72.9 Å². The number of nitrogens with one attached hydrogen (secondary N) is 2. The molecular formula is C38H33FN6O2. The van der Waals surface area contributed by atoms with Gasteiger partial charge in [-0.05, 0) is 90.6 Å². The van der Waals surface area contributed by atoms with E-state index in [0.717, 1.165) is 75.1 Å². The van der Waals surface area contributed by atoms with Crippen molar-refractivity contribution < 1.29 is 13.9 Å². The van der Waals surface area contributed by atoms with Crippen LogP contribution < -0.4 is 9.47 Å². The second-order valence-electron chi connectivity index (χ2n) is 11.9. The van der Waals surface area contributed by atoms with Gasteiger partial charge in [0.05, 0.1) is 17.4 Å². The van der Waals surface area contributed by atoms with Gasteiger partial charge in [0.25, 0.3) is 0 Å². The van der Waals surface area contributed by atoms with E-state index in [2.05, 4.69) is 36.1 Å². The second kappa shape index (κ2) is 12.7. The lowest BCUT2D eigenvalue weighted by molar-refractivity contribution is 0.237. The Labute approximate surface area is 271 Å². The summed E-state index contributed by atoms with van der Waals surface area (Å²) in [7, 11) is 0. The fourth-order valence-electron chi connectivity index (χ4n) is 6.30. The molecule has 4 aromatic heterocycles. The van der Waals surface area contributed by atoms with E-state index in [1.54, 1.807) is 12.4 Å². The first-order chi connectivity index (χ1) is 23.2. The third kappa shape index (κ3) is 6.17. The van der Waals surface area contributed by atoms with E-state index in [0.29, 0.717) is 30.4 Å². The zero-order chi connectivity index (χ0) is 31.6. The highest BCUT2D eigenvalue weighted by molar-refractivity contribution is 6.00. The number of H-pyrrole nitrogens is 2. The highest BCUT2D eigenvalue weighted by atomic mass is 19.1. The number of nitrogens with zero attached hydrogens (tertiary/aromatic N) is 4. The zero-order valence-electron chi connectivity index (χ0n) is 25.7. The Bertz CT molecular complexity index is 2170. The van der Waals surface area contributed by atoms with Crippen LogP contribution in [0.4, 0.5) is 4.39 Å². The number of pyridine rings is 2. The second-order valence-corrected chi connectivity index (χ2v) is 11.9. The number of aromatic nitrogens is 5. The lowest BCUT2D eigenvalue weighted by Gasteiger charge is -2.15. The van der Waals surface area contributed by atoms with Crippen molar-refractivity contribution >= 4 is 21.9 Å². The van der Waals surface area contributed by atoms with Gasteiger partial charge in [0.15, 0.2) is 0 Å². The van der Waals surface area contributed by atoms with E-state index < -0.39 is 0 Å². The molecule has 7 aromatic rings. The van der Waals surface area contributed by atoms with Crippen LogP contribution >= 0.6 is 0 Å². The quantitative estimate of drug-likeness (QED) is 0.160. The number of fused-ring (bicyclic) bond motifs is 2. The molecule has 1 saturated heterocycles. The van der Waals surface area contributed by atoms with Gasteiger partial charge in [0.1, 0.15) is 41.9 Å². The minimum absolute atomic E-state index is 0.339. The van der Waals surface area contributed by atoms with Crippen LogP contribution in [0.25, 0.3) is 55.6 Å². The summed E-state index contributed by atoms with van der Waals surface area (Å²) < 4.78 is 26.9. The number of rotatable bonds is 10. The molecule has 1 fully saturated rings. The van der Waals surface area contributed by atoms with Crippen molar-refractivity contribution in [1.29, 1.82) is 0 Å². The van der Waals surface area contributed by atoms with Crippen LogP contribution in [0.1, 0.15) is 18.4 Å². The predicted octanol–water partition coefficient (Wildman–Crippen LogP) is 8.03. The summed E-state index contributed by atoms with van der Waals surface area (Å²) in [6.45, 7) is 4.04. The molecule has 234 valence electrons. The maximum absolute atomic E-state index is 14.8. The molecule has 9 heteroatoms. The number of halogens is 1. The standard InChI is InChI=1S/C38H33FN6O2/c39-29-16-27(17-30(20-29)46-15-14-45-12-4-5-13-45)32-10-11-41-38-33(32)21-36(42-38)37-34-19-26(8-9-35(34)43-44-37)28-18-31(23-40-22-28)47-24-25-6-2-1-3-7-25/h1-3,6-11,16-23H,4-5,12-15,24H2,(H,41,42)(H,43,44). The zero-order valence-corrected chi connectivity index (χ0v) is 25.7. The van der Waals surface area contributed by atoms with Crippen molar-refractivity contribution in [3.8, 4) is 45.1 Å². The van der Waals surface area contributed by atoms with Crippen LogP contribution in [-0.4, -0.2) is 56.3 Å². The summed E-state index contributed by atoms with van der Waals surface area (Å²) in [5.74, 6) is 0.884. The molecule has 2 N–H and O–H groups in total. The Morgan fingerprint density at radius 3 is 2.55 bits per heavy atom. The molecule has 0 amide bonds. The van der Waals surface area contributed by atoms with E-state index in [4.69, 9.17) is 9.47 Å². The van der Waals surface area contributed by atoms with Gasteiger partial charge in [-0.15, -0.1) is 0 Å². The minimum Gasteiger partial charge on any atom is -0.492 e. The molecule has 0 atom stereocenters. The lowest BCUT2D eigenvalue weighted by atomic mass is 10.0. The summed E-state index contributed by atoms with van der Waals surface area (Å²) in [4.78, 5) is 14.8. The van der Waals surface area contributed by atoms with Gasteiger partial charge in [-0.25, -0.2) is 9.37 Å². The van der Waals surface area contributed by atoms with Crippen molar-refractivity contribution in [2.75, 3.05) is 26.2 Å². The Morgan fingerprint density at radius 2 is 1.66 bits per heavy atom. The van der Waals surface area contributed by atoms with Crippen molar-refractivity contribution in [2.45, 2.75) is 19.4 Å². The number of ether oxygens (including phenoxy) is 2. The van der Waals surface area contributed by atoms with E-state index in [-0.39, 0.29) is 5.82 Å². The third-order valence-electron chi connectivity index (χ3n) is 8.70. The molecule has 0 bridgehead atoms. The summed E-state index contributed by atoms with van der Waals surface area (Å²) in [5.41, 5.74) is 7.78. The molecule has 47 heavy (non-hydrogen) atoms. The smallest absolute Gasteiger partial charge is 0.138 e. The maximum atomic E-state index is 14.8. The summed E-state index contributed by atoms with van der Waals surface area (Å²) in [6.07, 6.45) is 7.75. The lowest BCUT2D eigenvalue weighted by Crippen LogP contribution is -2.25. The van der Waals surface area contributed by atoms with Crippen LogP contribution in [0.3, 0.4) is 0 Å². The monoisotopic (exact) mass is 624 g/mol. The molecular weight excluding hydrogens is 591 g/mol. The van der Waals surface area contributed by atoms with Crippen molar-refractivity contribution in [3.05, 3.63) is 115 Å². The average Bonchev–Trinajstić information content (AvgIpc) is 3.87. The Kier molecular flexibility index (Phi) is 7.80. The normalized spacial score (nSPS) is 13.5. The van der Waals surface area contributed by atoms with E-state index in [9.17, 15) is 4.39 Å². The van der Waals surface area contributed by atoms with Gasteiger partial charge in [0.2, 0.25) is 0 Å². The molecule has 8 rings (SSSR count). The molecule has 5 heterocycles. The van der Waals surface area contributed by atoms with Gasteiger partial charge in [0, 0.05) is 41.3 Å². The molecule has 8 nitrogen and oxygen atoms in total. The summed E-state index contributed by atoms with van der Waals surface area (Å²) in [5, 5.41) is 9.65. The summed E-state index contributed by atoms with van der Waals surface area (Å²) in [6, 6.07) is 27.0. The molecule has 1 aliphatic heterocycles. The Balaban J connectivity index is 1.08. The van der Waals surface area contributed by atoms with E-state index in [1.165, 1.54) is 25.0 Å². The number of likely N-dealkylation sites (tertiary alicyclic amines) is 1. The molecule has 0 aliphatic carbocycles. The number of hydrogen-bond donors (Lipinski definition) is 2. The number of benzene rings is 3. The highest BCUT2D eigenvalue weighted by Crippen LogP contribution is 2.36. The first kappa shape index (κ1) is 28.9. The fourth-order valence-corrected chi connectivity index (χ4v) is 6.30. The molecule has 0 unspecified atom stereocenters. The summed E-state index contributed by atoms with van der Waals surface area (Å²) >= 11 is 0. The Morgan fingerprint density at radius 1 is 0.787 bits per heavy atom. The number of hydrogen-bond acceptors (Lipinski definition) is 6. The van der Waals surface area contributed by atoms with Crippen molar-refractivity contribution in [1.82, 2.24) is 30.0 Å². The van der Waals surface area contributed by atoms with Crippen molar-refractivity contribution in [3.63, 3.8) is 0 Å². The first-order valence-electron chi connectivity index (χ1n) is 15.9. The molecule has 0 saturated carbocycles. The Hall–Kier alpha value is -5.54. The number of aromatic amines is 2. The highest BCUT2D eigenvalue weighted by Gasteiger charge is 2.17. The van der Waals surface area contributed by atoms with Gasteiger partial charge < -0.3 is 14.5 Å². The first-order valence-corrected chi connectivity index (χ1v) is 15.9. The maximum Gasteiger partial charge on any atom is 0.138 e. The largest absolute Gasteiger partial charge is 0.492 e. The SMILES string of the molecule is Fc1cc(OCCN2CCCC2)cc(-c2ccnc3[nH]c(-c4n[nH]c5ccc(-c6cncc(OCc7ccccc7)c6)cc45)cc23)c1. The van der Waals surface area contributed by atoms with Gasteiger partial charge >= 0.3 is 0 Å². The van der Waals surface area contributed by atoms with Gasteiger partial charge in [-0.2, -0.15) is 5.10 Å².